The summed E-state index contributed by atoms with van der Waals surface area (Å²) in [6.07, 6.45) is 0. The zero-order valence-corrected chi connectivity index (χ0v) is 12.8. The second kappa shape index (κ2) is 6.90. The van der Waals surface area contributed by atoms with Gasteiger partial charge in [0.15, 0.2) is 0 Å². The van der Waals surface area contributed by atoms with Crippen LogP contribution in [-0.2, 0) is 9.53 Å². The van der Waals surface area contributed by atoms with E-state index >= 15 is 0 Å². The minimum absolute atomic E-state index is 0.0917. The van der Waals surface area contributed by atoms with Crippen LogP contribution in [0.3, 0.4) is 0 Å². The Morgan fingerprint density at radius 2 is 2.00 bits per heavy atom. The van der Waals surface area contributed by atoms with Crippen molar-refractivity contribution in [3.63, 3.8) is 0 Å². The van der Waals surface area contributed by atoms with Crippen LogP contribution in [0.2, 0.25) is 0 Å². The van der Waals surface area contributed by atoms with E-state index in [0.717, 1.165) is 10.0 Å². The summed E-state index contributed by atoms with van der Waals surface area (Å²) < 4.78 is 5.86. The van der Waals surface area contributed by atoms with Crippen LogP contribution in [0.25, 0.3) is 0 Å². The van der Waals surface area contributed by atoms with Crippen LogP contribution in [-0.4, -0.2) is 19.1 Å². The molecule has 1 aromatic carbocycles. The Morgan fingerprint density at radius 1 is 1.33 bits per heavy atom. The van der Waals surface area contributed by atoms with Crippen LogP contribution in [0.4, 0.5) is 0 Å². The van der Waals surface area contributed by atoms with Gasteiger partial charge in [-0.2, -0.15) is 0 Å². The quantitative estimate of drug-likeness (QED) is 0.848. The maximum atomic E-state index is 11.7. The molecule has 0 aromatic heterocycles. The predicted molar refractivity (Wildman–Crippen MR) is 76.3 cm³/mol. The second-order valence-electron chi connectivity index (χ2n) is 4.69. The summed E-state index contributed by atoms with van der Waals surface area (Å²) in [5, 5.41) is 3.32. The van der Waals surface area contributed by atoms with Gasteiger partial charge in [-0.15, -0.1) is 0 Å². The third kappa shape index (κ3) is 4.10. The maximum Gasteiger partial charge on any atom is 0.323 e. The van der Waals surface area contributed by atoms with Crippen molar-refractivity contribution < 1.29 is 9.53 Å². The van der Waals surface area contributed by atoms with Crippen molar-refractivity contribution in [2.24, 2.45) is 5.92 Å². The van der Waals surface area contributed by atoms with Crippen molar-refractivity contribution in [3.05, 3.63) is 34.3 Å². The lowest BCUT2D eigenvalue weighted by atomic mass is 10.0. The van der Waals surface area contributed by atoms with Gasteiger partial charge in [0.1, 0.15) is 6.04 Å². The first-order chi connectivity index (χ1) is 8.45. The maximum absolute atomic E-state index is 11.7. The highest BCUT2D eigenvalue weighted by Crippen LogP contribution is 2.19. The molecule has 0 bridgehead atoms. The molecule has 0 aliphatic rings. The molecule has 3 nitrogen and oxygen atoms in total. The molecule has 18 heavy (non-hydrogen) atoms. The number of halogens is 1. The molecule has 1 rings (SSSR count). The van der Waals surface area contributed by atoms with Crippen LogP contribution in [0.15, 0.2) is 28.7 Å². The molecule has 0 saturated heterocycles. The summed E-state index contributed by atoms with van der Waals surface area (Å²) in [5.41, 5.74) is 1.14. The highest BCUT2D eigenvalue weighted by Gasteiger charge is 2.24. The van der Waals surface area contributed by atoms with Gasteiger partial charge in [-0.1, -0.05) is 41.9 Å². The lowest BCUT2D eigenvalue weighted by Crippen LogP contribution is -2.42. The molecule has 2 unspecified atom stereocenters. The zero-order chi connectivity index (χ0) is 13.7. The highest BCUT2D eigenvalue weighted by molar-refractivity contribution is 9.10. The molecule has 2 atom stereocenters. The average Bonchev–Trinajstić information content (AvgIpc) is 2.34. The van der Waals surface area contributed by atoms with Gasteiger partial charge in [-0.05, 0) is 30.5 Å². The fourth-order valence-electron chi connectivity index (χ4n) is 1.80. The molecule has 100 valence electrons. The van der Waals surface area contributed by atoms with E-state index < -0.39 is 0 Å². The summed E-state index contributed by atoms with van der Waals surface area (Å²) in [4.78, 5) is 11.7. The van der Waals surface area contributed by atoms with Crippen LogP contribution in [0.5, 0.6) is 0 Å². The molecule has 0 spiro atoms. The standard InChI is InChI=1S/C14H20BrNO2/c1-9(2)13(14(17)18-4)16-10(3)11-6-5-7-12(15)8-11/h5-10,13,16H,1-4H3. The molecule has 0 aliphatic heterocycles. The largest absolute Gasteiger partial charge is 0.468 e. The molecule has 4 heteroatoms. The molecule has 0 radical (unpaired) electrons. The van der Waals surface area contributed by atoms with E-state index in [1.807, 2.05) is 45.0 Å². The molecule has 0 amide bonds. The first kappa shape index (κ1) is 15.2. The monoisotopic (exact) mass is 313 g/mol. The first-order valence-corrected chi connectivity index (χ1v) is 6.84. The van der Waals surface area contributed by atoms with Crippen molar-refractivity contribution in [2.75, 3.05) is 7.11 Å². The molecule has 1 aromatic rings. The minimum Gasteiger partial charge on any atom is -0.468 e. The normalized spacial score (nSPS) is 14.3. The second-order valence-corrected chi connectivity index (χ2v) is 5.60. The minimum atomic E-state index is -0.288. The van der Waals surface area contributed by atoms with Crippen LogP contribution in [0.1, 0.15) is 32.4 Å². The summed E-state index contributed by atoms with van der Waals surface area (Å²) in [6.45, 7) is 6.05. The number of hydrogen-bond acceptors (Lipinski definition) is 3. The Kier molecular flexibility index (Phi) is 5.82. The number of methoxy groups -OCH3 is 1. The Labute approximate surface area is 117 Å². The van der Waals surface area contributed by atoms with Gasteiger partial charge in [0.25, 0.3) is 0 Å². The van der Waals surface area contributed by atoms with Gasteiger partial charge in [-0.25, -0.2) is 0 Å². The van der Waals surface area contributed by atoms with Crippen molar-refractivity contribution in [1.82, 2.24) is 5.32 Å². The summed E-state index contributed by atoms with van der Waals surface area (Å²) in [6, 6.07) is 7.86. The summed E-state index contributed by atoms with van der Waals surface area (Å²) in [7, 11) is 1.42. The Bertz CT molecular complexity index is 407. The molecule has 0 fully saturated rings. The van der Waals surface area contributed by atoms with E-state index in [-0.39, 0.29) is 24.0 Å². The van der Waals surface area contributed by atoms with E-state index in [1.165, 1.54) is 7.11 Å². The fourth-order valence-corrected chi connectivity index (χ4v) is 2.22. The topological polar surface area (TPSA) is 38.3 Å². The Balaban J connectivity index is 2.78. The van der Waals surface area contributed by atoms with Gasteiger partial charge in [0.2, 0.25) is 0 Å². The summed E-state index contributed by atoms with van der Waals surface area (Å²) >= 11 is 3.45. The number of hydrogen-bond donors (Lipinski definition) is 1. The average molecular weight is 314 g/mol. The predicted octanol–water partition coefficient (Wildman–Crippen LogP) is 3.30. The van der Waals surface area contributed by atoms with Crippen molar-refractivity contribution in [1.29, 1.82) is 0 Å². The van der Waals surface area contributed by atoms with Crippen molar-refractivity contribution >= 4 is 21.9 Å². The van der Waals surface area contributed by atoms with E-state index in [0.29, 0.717) is 0 Å². The Hall–Kier alpha value is -0.870. The van der Waals surface area contributed by atoms with Gasteiger partial charge >= 0.3 is 5.97 Å². The van der Waals surface area contributed by atoms with Crippen LogP contribution in [0, 0.1) is 5.92 Å². The lowest BCUT2D eigenvalue weighted by Gasteiger charge is -2.24. The molecule has 0 saturated carbocycles. The fraction of sp³-hybridized carbons (Fsp3) is 0.500. The molecule has 1 N–H and O–H groups in total. The van der Waals surface area contributed by atoms with Gasteiger partial charge in [0, 0.05) is 10.5 Å². The Morgan fingerprint density at radius 3 is 2.50 bits per heavy atom. The first-order valence-electron chi connectivity index (χ1n) is 6.05. The lowest BCUT2D eigenvalue weighted by molar-refractivity contribution is -0.144. The number of rotatable bonds is 5. The number of nitrogens with one attached hydrogen (secondary N) is 1. The van der Waals surface area contributed by atoms with E-state index in [1.54, 1.807) is 0 Å². The van der Waals surface area contributed by atoms with Crippen LogP contribution >= 0.6 is 15.9 Å². The van der Waals surface area contributed by atoms with E-state index in [9.17, 15) is 4.79 Å². The zero-order valence-electron chi connectivity index (χ0n) is 11.2. The number of carbonyl (C=O) groups is 1. The third-order valence-corrected chi connectivity index (χ3v) is 3.39. The van der Waals surface area contributed by atoms with Crippen molar-refractivity contribution in [3.8, 4) is 0 Å². The smallest absolute Gasteiger partial charge is 0.323 e. The molecule has 0 aliphatic carbocycles. The number of carbonyl (C=O) groups excluding carboxylic acids is 1. The highest BCUT2D eigenvalue weighted by atomic mass is 79.9. The van der Waals surface area contributed by atoms with Gasteiger partial charge < -0.3 is 4.74 Å². The summed E-state index contributed by atoms with van der Waals surface area (Å²) in [5.74, 6) is -0.0288. The molecular weight excluding hydrogens is 294 g/mol. The number of benzene rings is 1. The SMILES string of the molecule is COC(=O)C(NC(C)c1cccc(Br)c1)C(C)C. The van der Waals surface area contributed by atoms with E-state index in [2.05, 4.69) is 21.2 Å². The number of esters is 1. The van der Waals surface area contributed by atoms with Gasteiger partial charge in [-0.3, -0.25) is 10.1 Å². The van der Waals surface area contributed by atoms with E-state index in [4.69, 9.17) is 4.74 Å². The van der Waals surface area contributed by atoms with Gasteiger partial charge in [0.05, 0.1) is 7.11 Å². The van der Waals surface area contributed by atoms with Crippen molar-refractivity contribution in [2.45, 2.75) is 32.9 Å². The van der Waals surface area contributed by atoms with Crippen LogP contribution < -0.4 is 5.32 Å². The molecular formula is C14H20BrNO2. The molecule has 0 heterocycles. The third-order valence-electron chi connectivity index (χ3n) is 2.90. The number of ether oxygens (including phenoxy) is 1.